The minimum atomic E-state index is -0.224. The number of nitrogens with one attached hydrogen (secondary N) is 1. The predicted molar refractivity (Wildman–Crippen MR) is 125 cm³/mol. The second-order valence-electron chi connectivity index (χ2n) is 7.74. The smallest absolute Gasteiger partial charge is 0.258 e. The van der Waals surface area contributed by atoms with Gasteiger partial charge < -0.3 is 23.6 Å². The fourth-order valence-electron chi connectivity index (χ4n) is 3.52. The molecule has 4 rings (SSSR count). The molecule has 0 unspecified atom stereocenters. The molecule has 0 saturated carbocycles. The number of carbonyl (C=O) groups excluding carboxylic acids is 1. The summed E-state index contributed by atoms with van der Waals surface area (Å²) in [6.07, 6.45) is 4.58. The number of rotatable bonds is 9. The molecule has 170 valence electrons. The van der Waals surface area contributed by atoms with Gasteiger partial charge in [-0.15, -0.1) is 0 Å². The van der Waals surface area contributed by atoms with Gasteiger partial charge >= 0.3 is 0 Å². The molecule has 0 aliphatic heterocycles. The van der Waals surface area contributed by atoms with E-state index >= 15 is 0 Å². The number of furan rings is 1. The van der Waals surface area contributed by atoms with Crippen molar-refractivity contribution < 1.29 is 23.1 Å². The zero-order valence-electron chi connectivity index (χ0n) is 18.5. The summed E-state index contributed by atoms with van der Waals surface area (Å²) in [5, 5.41) is 3.34. The topological polar surface area (TPSA) is 90.9 Å². The summed E-state index contributed by atoms with van der Waals surface area (Å²) in [5.41, 5.74) is 1.45. The van der Waals surface area contributed by atoms with Crippen LogP contribution in [-0.4, -0.2) is 25.7 Å². The molecule has 4 aromatic rings. The second kappa shape index (κ2) is 10.1. The van der Waals surface area contributed by atoms with Gasteiger partial charge in [0.05, 0.1) is 24.3 Å². The lowest BCUT2D eigenvalue weighted by molar-refractivity contribution is -0.123. The van der Waals surface area contributed by atoms with Crippen molar-refractivity contribution in [2.24, 2.45) is 0 Å². The molecule has 7 nitrogen and oxygen atoms in total. The molecule has 1 amide bonds. The van der Waals surface area contributed by atoms with Gasteiger partial charge in [-0.2, -0.15) is 0 Å². The van der Waals surface area contributed by atoms with Crippen LogP contribution in [0, 0.1) is 0 Å². The van der Waals surface area contributed by atoms with Crippen molar-refractivity contribution in [2.75, 3.05) is 13.7 Å². The highest BCUT2D eigenvalue weighted by Crippen LogP contribution is 2.24. The fourth-order valence-corrected chi connectivity index (χ4v) is 3.52. The SMILES string of the molecule is COc1ccc(-c2coc3cc(OCC(=O)N[C@H](C)CCc4ccco4)ccc3c2=O)cc1. The van der Waals surface area contributed by atoms with Crippen LogP contribution in [-0.2, 0) is 11.2 Å². The molecule has 2 aromatic heterocycles. The highest BCUT2D eigenvalue weighted by molar-refractivity contribution is 5.83. The van der Waals surface area contributed by atoms with Gasteiger partial charge in [0, 0.05) is 18.5 Å². The quantitative estimate of drug-likeness (QED) is 0.404. The lowest BCUT2D eigenvalue weighted by atomic mass is 10.1. The Morgan fingerprint density at radius 3 is 2.58 bits per heavy atom. The number of amides is 1. The molecule has 0 fully saturated rings. The molecule has 33 heavy (non-hydrogen) atoms. The number of hydrogen-bond acceptors (Lipinski definition) is 6. The van der Waals surface area contributed by atoms with Crippen molar-refractivity contribution in [2.45, 2.75) is 25.8 Å². The van der Waals surface area contributed by atoms with Crippen molar-refractivity contribution in [1.29, 1.82) is 0 Å². The van der Waals surface area contributed by atoms with Crippen LogP contribution in [0.2, 0.25) is 0 Å². The molecule has 7 heteroatoms. The molecule has 1 atom stereocenters. The normalized spacial score (nSPS) is 11.8. The van der Waals surface area contributed by atoms with Gasteiger partial charge in [0.1, 0.15) is 29.1 Å². The van der Waals surface area contributed by atoms with E-state index in [0.717, 1.165) is 24.2 Å². The third-order valence-electron chi connectivity index (χ3n) is 5.33. The Labute approximate surface area is 190 Å². The van der Waals surface area contributed by atoms with E-state index in [-0.39, 0.29) is 24.0 Å². The van der Waals surface area contributed by atoms with Gasteiger partial charge in [0.25, 0.3) is 5.91 Å². The van der Waals surface area contributed by atoms with E-state index in [4.69, 9.17) is 18.3 Å². The largest absolute Gasteiger partial charge is 0.497 e. The van der Waals surface area contributed by atoms with Crippen LogP contribution in [0.3, 0.4) is 0 Å². The Morgan fingerprint density at radius 2 is 1.85 bits per heavy atom. The zero-order chi connectivity index (χ0) is 23.2. The number of fused-ring (bicyclic) bond motifs is 1. The van der Waals surface area contributed by atoms with E-state index in [0.29, 0.717) is 28.0 Å². The number of hydrogen-bond donors (Lipinski definition) is 1. The van der Waals surface area contributed by atoms with Crippen LogP contribution in [0.5, 0.6) is 11.5 Å². The standard InChI is InChI=1S/C26H25NO6/c1-17(5-8-20-4-3-13-31-20)27-25(28)16-32-21-11-12-22-24(14-21)33-15-23(26(22)29)18-6-9-19(30-2)10-7-18/h3-4,6-7,9-15,17H,5,8,16H2,1-2H3,(H,27,28)/t17-/m1/s1. The molecule has 0 radical (unpaired) electrons. The summed E-state index contributed by atoms with van der Waals surface area (Å²) in [4.78, 5) is 25.1. The maximum atomic E-state index is 12.9. The van der Waals surface area contributed by atoms with E-state index in [1.54, 1.807) is 43.7 Å². The second-order valence-corrected chi connectivity index (χ2v) is 7.74. The Morgan fingerprint density at radius 1 is 1.06 bits per heavy atom. The van der Waals surface area contributed by atoms with Crippen molar-refractivity contribution in [3.05, 3.63) is 83.1 Å². The summed E-state index contributed by atoms with van der Waals surface area (Å²) >= 11 is 0. The molecule has 0 spiro atoms. The average molecular weight is 447 g/mol. The zero-order valence-corrected chi connectivity index (χ0v) is 18.5. The minimum absolute atomic E-state index is 0.0165. The maximum absolute atomic E-state index is 12.9. The summed E-state index contributed by atoms with van der Waals surface area (Å²) < 4.78 is 21.8. The lowest BCUT2D eigenvalue weighted by Crippen LogP contribution is -2.36. The van der Waals surface area contributed by atoms with Gasteiger partial charge in [-0.3, -0.25) is 9.59 Å². The number of aryl methyl sites for hydroxylation is 1. The minimum Gasteiger partial charge on any atom is -0.497 e. The van der Waals surface area contributed by atoms with Crippen molar-refractivity contribution in [3.63, 3.8) is 0 Å². The third kappa shape index (κ3) is 5.44. The van der Waals surface area contributed by atoms with Crippen molar-refractivity contribution >= 4 is 16.9 Å². The number of carbonyl (C=O) groups is 1. The molecule has 1 N–H and O–H groups in total. The average Bonchev–Trinajstić information content (AvgIpc) is 3.36. The van der Waals surface area contributed by atoms with Crippen molar-refractivity contribution in [3.8, 4) is 22.6 Å². The van der Waals surface area contributed by atoms with Crippen LogP contribution >= 0.6 is 0 Å². The Balaban J connectivity index is 1.37. The third-order valence-corrected chi connectivity index (χ3v) is 5.33. The van der Waals surface area contributed by atoms with E-state index in [2.05, 4.69) is 5.32 Å². The van der Waals surface area contributed by atoms with Gasteiger partial charge in [-0.05, 0) is 55.3 Å². The molecule has 0 saturated heterocycles. The number of benzene rings is 2. The summed E-state index contributed by atoms with van der Waals surface area (Å²) in [6.45, 7) is 1.80. The highest BCUT2D eigenvalue weighted by atomic mass is 16.5. The molecule has 0 bridgehead atoms. The first-order valence-electron chi connectivity index (χ1n) is 10.7. The van der Waals surface area contributed by atoms with Crippen molar-refractivity contribution in [1.82, 2.24) is 5.32 Å². The van der Waals surface area contributed by atoms with Gasteiger partial charge in [-0.25, -0.2) is 0 Å². The van der Waals surface area contributed by atoms with E-state index in [1.165, 1.54) is 6.26 Å². The molecular weight excluding hydrogens is 422 g/mol. The molecule has 2 aromatic carbocycles. The van der Waals surface area contributed by atoms with E-state index in [1.807, 2.05) is 31.2 Å². The predicted octanol–water partition coefficient (Wildman–Crippen LogP) is 4.58. The van der Waals surface area contributed by atoms with Crippen LogP contribution < -0.4 is 20.2 Å². The molecular formula is C26H25NO6. The summed E-state index contributed by atoms with van der Waals surface area (Å²) in [5.74, 6) is 1.82. The summed E-state index contributed by atoms with van der Waals surface area (Å²) in [7, 11) is 1.59. The van der Waals surface area contributed by atoms with E-state index in [9.17, 15) is 9.59 Å². The number of ether oxygens (including phenoxy) is 2. The monoisotopic (exact) mass is 447 g/mol. The first-order chi connectivity index (χ1) is 16.0. The van der Waals surface area contributed by atoms with Crippen LogP contribution in [0.25, 0.3) is 22.1 Å². The number of methoxy groups -OCH3 is 1. The van der Waals surface area contributed by atoms with Gasteiger partial charge in [0.15, 0.2) is 12.0 Å². The fraction of sp³-hybridized carbons (Fsp3) is 0.231. The van der Waals surface area contributed by atoms with Gasteiger partial charge in [-0.1, -0.05) is 12.1 Å². The highest BCUT2D eigenvalue weighted by Gasteiger charge is 2.12. The summed E-state index contributed by atoms with van der Waals surface area (Å²) in [6, 6.07) is 15.9. The van der Waals surface area contributed by atoms with Gasteiger partial charge in [0.2, 0.25) is 0 Å². The first kappa shape index (κ1) is 22.2. The lowest BCUT2D eigenvalue weighted by Gasteiger charge is -2.14. The Hall–Kier alpha value is -4.00. The van der Waals surface area contributed by atoms with E-state index < -0.39 is 0 Å². The van der Waals surface area contributed by atoms with Crippen LogP contribution in [0.1, 0.15) is 19.1 Å². The first-order valence-corrected chi connectivity index (χ1v) is 10.7. The van der Waals surface area contributed by atoms with Crippen LogP contribution in [0.4, 0.5) is 0 Å². The Bertz CT molecular complexity index is 1270. The molecule has 2 heterocycles. The van der Waals surface area contributed by atoms with Crippen LogP contribution in [0.15, 0.2) is 80.8 Å². The molecule has 0 aliphatic rings. The maximum Gasteiger partial charge on any atom is 0.258 e. The molecule has 0 aliphatic carbocycles. The Kier molecular flexibility index (Phi) is 6.78.